The molecular formula is C14H15Br2N3O. The number of anilines is 1. The first-order valence-electron chi connectivity index (χ1n) is 6.18. The lowest BCUT2D eigenvalue weighted by atomic mass is 10.2. The SMILES string of the molecule is CCNc1nc(-c2cc(Br)ccc2OC)nc(C)c1Br. The first kappa shape index (κ1) is 15.3. The second-order valence-electron chi connectivity index (χ2n) is 4.17. The van der Waals surface area contributed by atoms with E-state index in [9.17, 15) is 0 Å². The number of aromatic nitrogens is 2. The van der Waals surface area contributed by atoms with Gasteiger partial charge in [0.25, 0.3) is 0 Å². The maximum atomic E-state index is 5.39. The van der Waals surface area contributed by atoms with Gasteiger partial charge in [-0.25, -0.2) is 9.97 Å². The topological polar surface area (TPSA) is 47.0 Å². The summed E-state index contributed by atoms with van der Waals surface area (Å²) in [6.45, 7) is 4.77. The van der Waals surface area contributed by atoms with Gasteiger partial charge in [0.05, 0.1) is 22.8 Å². The van der Waals surface area contributed by atoms with E-state index in [0.717, 1.165) is 38.3 Å². The molecule has 0 saturated heterocycles. The molecule has 0 atom stereocenters. The fourth-order valence-electron chi connectivity index (χ4n) is 1.82. The lowest BCUT2D eigenvalue weighted by molar-refractivity contribution is 0.416. The van der Waals surface area contributed by atoms with Gasteiger partial charge in [0, 0.05) is 11.0 Å². The van der Waals surface area contributed by atoms with Crippen LogP contribution in [0.4, 0.5) is 5.82 Å². The van der Waals surface area contributed by atoms with Crippen LogP contribution in [-0.4, -0.2) is 23.6 Å². The Kier molecular flexibility index (Phi) is 4.99. The zero-order valence-corrected chi connectivity index (χ0v) is 14.7. The van der Waals surface area contributed by atoms with E-state index in [-0.39, 0.29) is 0 Å². The molecule has 0 spiro atoms. The number of ether oxygens (including phenoxy) is 1. The van der Waals surface area contributed by atoms with Crippen molar-refractivity contribution in [3.63, 3.8) is 0 Å². The van der Waals surface area contributed by atoms with Crippen molar-refractivity contribution in [2.24, 2.45) is 0 Å². The summed E-state index contributed by atoms with van der Waals surface area (Å²) >= 11 is 6.98. The fraction of sp³-hybridized carbons (Fsp3) is 0.286. The van der Waals surface area contributed by atoms with Crippen molar-refractivity contribution in [3.8, 4) is 17.1 Å². The lowest BCUT2D eigenvalue weighted by Gasteiger charge is -2.12. The standard InChI is InChI=1S/C14H15Br2N3O/c1-4-17-14-12(16)8(2)18-13(19-14)10-7-9(15)5-6-11(10)20-3/h5-7H,4H2,1-3H3,(H,17,18,19). The molecule has 0 saturated carbocycles. The molecule has 106 valence electrons. The molecule has 0 fully saturated rings. The van der Waals surface area contributed by atoms with Crippen LogP contribution in [-0.2, 0) is 0 Å². The third-order valence-corrected chi connectivity index (χ3v) is 4.21. The summed E-state index contributed by atoms with van der Waals surface area (Å²) in [4.78, 5) is 9.11. The van der Waals surface area contributed by atoms with Crippen LogP contribution in [0.1, 0.15) is 12.6 Å². The van der Waals surface area contributed by atoms with E-state index in [1.54, 1.807) is 7.11 Å². The number of nitrogens with zero attached hydrogens (tertiary/aromatic N) is 2. The number of hydrogen-bond donors (Lipinski definition) is 1. The Hall–Kier alpha value is -1.14. The molecule has 1 aromatic carbocycles. The average molecular weight is 401 g/mol. The van der Waals surface area contributed by atoms with Gasteiger partial charge >= 0.3 is 0 Å². The van der Waals surface area contributed by atoms with E-state index < -0.39 is 0 Å². The Bertz CT molecular complexity index is 632. The van der Waals surface area contributed by atoms with Gasteiger partial charge in [0.1, 0.15) is 11.6 Å². The van der Waals surface area contributed by atoms with Crippen LogP contribution in [0.2, 0.25) is 0 Å². The Morgan fingerprint density at radius 1 is 1.25 bits per heavy atom. The van der Waals surface area contributed by atoms with Gasteiger partial charge < -0.3 is 10.1 Å². The molecule has 2 rings (SSSR count). The molecule has 0 radical (unpaired) electrons. The minimum atomic E-state index is 0.639. The van der Waals surface area contributed by atoms with Crippen LogP contribution in [0.5, 0.6) is 5.75 Å². The number of rotatable bonds is 4. The van der Waals surface area contributed by atoms with Gasteiger partial charge in [-0.1, -0.05) is 15.9 Å². The van der Waals surface area contributed by atoms with Crippen molar-refractivity contribution < 1.29 is 4.74 Å². The molecule has 6 heteroatoms. The fourth-order valence-corrected chi connectivity index (χ4v) is 2.50. The van der Waals surface area contributed by atoms with Crippen molar-refractivity contribution in [1.82, 2.24) is 9.97 Å². The van der Waals surface area contributed by atoms with E-state index in [2.05, 4.69) is 47.1 Å². The number of hydrogen-bond acceptors (Lipinski definition) is 4. The van der Waals surface area contributed by atoms with Crippen molar-refractivity contribution in [3.05, 3.63) is 32.8 Å². The number of benzene rings is 1. The van der Waals surface area contributed by atoms with Crippen molar-refractivity contribution in [1.29, 1.82) is 0 Å². The zero-order valence-electron chi connectivity index (χ0n) is 11.5. The molecule has 4 nitrogen and oxygen atoms in total. The van der Waals surface area contributed by atoms with Crippen LogP contribution in [0.25, 0.3) is 11.4 Å². The van der Waals surface area contributed by atoms with Crippen LogP contribution < -0.4 is 10.1 Å². The number of halogens is 2. The summed E-state index contributed by atoms with van der Waals surface area (Å²) in [5.41, 5.74) is 1.74. The maximum Gasteiger partial charge on any atom is 0.165 e. The Balaban J connectivity index is 2.60. The first-order valence-corrected chi connectivity index (χ1v) is 7.77. The average Bonchev–Trinajstić information content (AvgIpc) is 2.43. The second kappa shape index (κ2) is 6.54. The molecule has 0 aliphatic heterocycles. The highest BCUT2D eigenvalue weighted by Gasteiger charge is 2.14. The predicted molar refractivity (Wildman–Crippen MR) is 88.3 cm³/mol. The Morgan fingerprint density at radius 3 is 2.65 bits per heavy atom. The van der Waals surface area contributed by atoms with E-state index in [4.69, 9.17) is 4.74 Å². The molecule has 0 aliphatic rings. The van der Waals surface area contributed by atoms with E-state index in [1.165, 1.54) is 0 Å². The van der Waals surface area contributed by atoms with Gasteiger partial charge in [0.2, 0.25) is 0 Å². The molecule has 0 bridgehead atoms. The van der Waals surface area contributed by atoms with Gasteiger partial charge in [-0.3, -0.25) is 0 Å². The van der Waals surface area contributed by atoms with Crippen molar-refractivity contribution in [2.75, 3.05) is 19.0 Å². The minimum absolute atomic E-state index is 0.639. The monoisotopic (exact) mass is 399 g/mol. The lowest BCUT2D eigenvalue weighted by Crippen LogP contribution is -2.05. The summed E-state index contributed by atoms with van der Waals surface area (Å²) < 4.78 is 7.24. The summed E-state index contributed by atoms with van der Waals surface area (Å²) in [5, 5.41) is 3.23. The molecule has 20 heavy (non-hydrogen) atoms. The number of nitrogens with one attached hydrogen (secondary N) is 1. The third kappa shape index (κ3) is 3.12. The highest BCUT2D eigenvalue weighted by atomic mass is 79.9. The molecule has 0 amide bonds. The van der Waals surface area contributed by atoms with Crippen molar-refractivity contribution >= 4 is 37.7 Å². The highest BCUT2D eigenvalue weighted by Crippen LogP contribution is 2.33. The summed E-state index contributed by atoms with van der Waals surface area (Å²) in [6, 6.07) is 5.78. The molecule has 1 N–H and O–H groups in total. The van der Waals surface area contributed by atoms with E-state index in [1.807, 2.05) is 32.0 Å². The minimum Gasteiger partial charge on any atom is -0.496 e. The number of methoxy groups -OCH3 is 1. The normalized spacial score (nSPS) is 10.4. The van der Waals surface area contributed by atoms with Crippen LogP contribution in [0, 0.1) is 6.92 Å². The molecule has 1 heterocycles. The maximum absolute atomic E-state index is 5.39. The predicted octanol–water partition coefficient (Wildman–Crippen LogP) is 4.42. The van der Waals surface area contributed by atoms with Crippen LogP contribution in [0.15, 0.2) is 27.1 Å². The highest BCUT2D eigenvalue weighted by molar-refractivity contribution is 9.11. The quantitative estimate of drug-likeness (QED) is 0.825. The first-order chi connectivity index (χ1) is 9.56. The van der Waals surface area contributed by atoms with E-state index >= 15 is 0 Å². The number of aryl methyl sites for hydroxylation is 1. The largest absolute Gasteiger partial charge is 0.496 e. The molecule has 1 aromatic heterocycles. The van der Waals surface area contributed by atoms with Gasteiger partial charge in [-0.05, 0) is 48.0 Å². The van der Waals surface area contributed by atoms with E-state index in [0.29, 0.717) is 5.82 Å². The second-order valence-corrected chi connectivity index (χ2v) is 5.88. The summed E-state index contributed by atoms with van der Waals surface area (Å²) in [5.74, 6) is 2.18. The van der Waals surface area contributed by atoms with Gasteiger partial charge in [-0.2, -0.15) is 0 Å². The van der Waals surface area contributed by atoms with Gasteiger partial charge in [0.15, 0.2) is 5.82 Å². The summed E-state index contributed by atoms with van der Waals surface area (Å²) in [7, 11) is 1.64. The third-order valence-electron chi connectivity index (χ3n) is 2.76. The Morgan fingerprint density at radius 2 is 2.00 bits per heavy atom. The Labute approximate surface area is 135 Å². The zero-order chi connectivity index (χ0) is 14.7. The van der Waals surface area contributed by atoms with Crippen LogP contribution >= 0.6 is 31.9 Å². The van der Waals surface area contributed by atoms with Crippen molar-refractivity contribution in [2.45, 2.75) is 13.8 Å². The molecule has 0 aliphatic carbocycles. The van der Waals surface area contributed by atoms with Gasteiger partial charge in [-0.15, -0.1) is 0 Å². The molecule has 0 unspecified atom stereocenters. The summed E-state index contributed by atoms with van der Waals surface area (Å²) in [6.07, 6.45) is 0. The molecule has 2 aromatic rings. The molecular weight excluding hydrogens is 386 g/mol. The van der Waals surface area contributed by atoms with Crippen LogP contribution in [0.3, 0.4) is 0 Å². The smallest absolute Gasteiger partial charge is 0.165 e.